The van der Waals surface area contributed by atoms with Crippen LogP contribution in [0, 0.1) is 0 Å². The predicted octanol–water partition coefficient (Wildman–Crippen LogP) is 5.53. The Labute approximate surface area is 241 Å². The molecule has 0 radical (unpaired) electrons. The van der Waals surface area contributed by atoms with E-state index in [1.54, 1.807) is 12.1 Å². The lowest BCUT2D eigenvalue weighted by molar-refractivity contribution is -0.221. The van der Waals surface area contributed by atoms with Crippen molar-refractivity contribution in [2.24, 2.45) is 0 Å². The molecule has 2 bridgehead atoms. The van der Waals surface area contributed by atoms with Gasteiger partial charge in [-0.25, -0.2) is 0 Å². The Morgan fingerprint density at radius 3 is 2.36 bits per heavy atom. The number of rotatable bonds is 3. The molecule has 7 rings (SSSR count). The van der Waals surface area contributed by atoms with Gasteiger partial charge in [0.15, 0.2) is 0 Å². The van der Waals surface area contributed by atoms with Crippen LogP contribution in [0.5, 0.6) is 40.2 Å². The highest BCUT2D eigenvalue weighted by molar-refractivity contribution is 6.10. The van der Waals surface area contributed by atoms with E-state index in [-0.39, 0.29) is 63.7 Å². The largest absolute Gasteiger partial charge is 0.508 e. The van der Waals surface area contributed by atoms with Crippen molar-refractivity contribution in [2.45, 2.75) is 62.9 Å². The Balaban J connectivity index is 1.43. The Kier molecular flexibility index (Phi) is 5.29. The standard InChI is InChI=1S/C33H30O9/c1-16(2)8-9-32-30(38)28-26(42-33(32,39)22-7-5-20(35)12-24(22)41-32)13-25-27(29(28)37)18-10-17(3)14-31(15-18,40-25)21-6-4-19(34)11-23(21)36/h4-8,10-13,18,34-37,39H,9,14-15H2,1-3H3. The molecule has 0 aromatic heterocycles. The van der Waals surface area contributed by atoms with E-state index < -0.39 is 22.8 Å². The minimum absolute atomic E-state index is 0.0573. The zero-order chi connectivity index (χ0) is 29.8. The highest BCUT2D eigenvalue weighted by atomic mass is 16.7. The van der Waals surface area contributed by atoms with Crippen molar-refractivity contribution in [3.63, 3.8) is 0 Å². The normalized spacial score (nSPS) is 28.1. The van der Waals surface area contributed by atoms with Crippen LogP contribution in [0.4, 0.5) is 0 Å². The molecule has 4 atom stereocenters. The van der Waals surface area contributed by atoms with Crippen molar-refractivity contribution in [3.05, 3.63) is 88.0 Å². The number of Topliss-reactive ketones (excluding diaryl/α,β-unsaturated/α-hetero) is 1. The fourth-order valence-corrected chi connectivity index (χ4v) is 7.03. The summed E-state index contributed by atoms with van der Waals surface area (Å²) < 4.78 is 19.0. The summed E-state index contributed by atoms with van der Waals surface area (Å²) in [5, 5.41) is 54.7. The monoisotopic (exact) mass is 570 g/mol. The molecule has 9 heteroatoms. The Hall–Kier alpha value is -4.63. The van der Waals surface area contributed by atoms with E-state index in [4.69, 9.17) is 14.2 Å². The molecule has 5 N–H and O–H groups in total. The van der Waals surface area contributed by atoms with Gasteiger partial charge in [-0.3, -0.25) is 4.79 Å². The minimum atomic E-state index is -2.28. The van der Waals surface area contributed by atoms with Crippen molar-refractivity contribution < 1.29 is 44.5 Å². The Bertz CT molecular complexity index is 1770. The Morgan fingerprint density at radius 1 is 0.929 bits per heavy atom. The van der Waals surface area contributed by atoms with E-state index in [0.717, 1.165) is 11.1 Å². The van der Waals surface area contributed by atoms with Crippen LogP contribution in [0.2, 0.25) is 0 Å². The third-order valence-corrected chi connectivity index (χ3v) is 8.83. The number of hydrogen-bond acceptors (Lipinski definition) is 9. The summed E-state index contributed by atoms with van der Waals surface area (Å²) in [5.74, 6) is -3.69. The lowest BCUT2D eigenvalue weighted by atomic mass is 9.69. The molecule has 3 heterocycles. The fourth-order valence-electron chi connectivity index (χ4n) is 7.03. The van der Waals surface area contributed by atoms with Gasteiger partial charge in [0.2, 0.25) is 11.4 Å². The molecule has 4 unspecified atom stereocenters. The molecule has 1 aliphatic carbocycles. The zero-order valence-corrected chi connectivity index (χ0v) is 23.3. The fraction of sp³-hybridized carbons (Fsp3) is 0.303. The van der Waals surface area contributed by atoms with Gasteiger partial charge in [0, 0.05) is 54.5 Å². The average Bonchev–Trinajstić information content (AvgIpc) is 3.14. The van der Waals surface area contributed by atoms with E-state index in [0.29, 0.717) is 24.0 Å². The molecule has 216 valence electrons. The molecule has 0 spiro atoms. The number of fused-ring (bicyclic) bond motifs is 8. The van der Waals surface area contributed by atoms with Gasteiger partial charge < -0.3 is 39.7 Å². The molecule has 0 amide bonds. The van der Waals surface area contributed by atoms with E-state index in [2.05, 4.69) is 0 Å². The average molecular weight is 571 g/mol. The number of phenols is 4. The number of ether oxygens (including phenoxy) is 3. The van der Waals surface area contributed by atoms with E-state index >= 15 is 0 Å². The number of hydrogen-bond donors (Lipinski definition) is 5. The molecule has 0 saturated heterocycles. The maximum Gasteiger partial charge on any atom is 0.286 e. The van der Waals surface area contributed by atoms with Gasteiger partial charge in [0.05, 0.1) is 5.56 Å². The van der Waals surface area contributed by atoms with Crippen LogP contribution < -0.4 is 14.2 Å². The number of carbonyl (C=O) groups is 1. The van der Waals surface area contributed by atoms with E-state index in [1.807, 2.05) is 26.8 Å². The van der Waals surface area contributed by atoms with Crippen LogP contribution in [0.15, 0.2) is 65.8 Å². The molecule has 9 nitrogen and oxygen atoms in total. The number of carbonyl (C=O) groups excluding carboxylic acids is 1. The van der Waals surface area contributed by atoms with Crippen LogP contribution in [-0.2, 0) is 11.4 Å². The molecule has 4 aliphatic rings. The maximum atomic E-state index is 14.5. The second-order valence-electron chi connectivity index (χ2n) is 12.0. The highest BCUT2D eigenvalue weighted by Gasteiger charge is 2.70. The SMILES string of the molecule is CC(C)=CCC12Oc3cc(O)ccc3C1(O)Oc1cc3c(c(O)c1C2=O)C1C=C(C)CC(c2ccc(O)cc2O)(C1)O3. The molecule has 0 fully saturated rings. The molecular weight excluding hydrogens is 540 g/mol. The number of allylic oxidation sites excluding steroid dienone is 2. The van der Waals surface area contributed by atoms with Crippen molar-refractivity contribution in [1.82, 2.24) is 0 Å². The van der Waals surface area contributed by atoms with Gasteiger partial charge >= 0.3 is 0 Å². The smallest absolute Gasteiger partial charge is 0.286 e. The third-order valence-electron chi connectivity index (χ3n) is 8.83. The van der Waals surface area contributed by atoms with Gasteiger partial charge in [0.25, 0.3) is 5.79 Å². The maximum absolute atomic E-state index is 14.5. The zero-order valence-electron chi connectivity index (χ0n) is 23.3. The Morgan fingerprint density at radius 2 is 1.64 bits per heavy atom. The van der Waals surface area contributed by atoms with Crippen molar-refractivity contribution in [1.29, 1.82) is 0 Å². The summed E-state index contributed by atoms with van der Waals surface area (Å²) in [6.45, 7) is 5.64. The number of phenolic OH excluding ortho intramolecular Hbond substituents is 4. The van der Waals surface area contributed by atoms with Crippen molar-refractivity contribution in [2.75, 3.05) is 0 Å². The van der Waals surface area contributed by atoms with Gasteiger partial charge in [-0.2, -0.15) is 0 Å². The molecule has 3 aliphatic heterocycles. The molecule has 42 heavy (non-hydrogen) atoms. The second-order valence-corrected chi connectivity index (χ2v) is 12.0. The number of benzene rings is 3. The van der Waals surface area contributed by atoms with Crippen molar-refractivity contribution in [3.8, 4) is 40.2 Å². The third kappa shape index (κ3) is 3.37. The van der Waals surface area contributed by atoms with Gasteiger partial charge in [-0.15, -0.1) is 0 Å². The van der Waals surface area contributed by atoms with Crippen LogP contribution in [0.25, 0.3) is 0 Å². The van der Waals surface area contributed by atoms with Crippen LogP contribution >= 0.6 is 0 Å². The summed E-state index contributed by atoms with van der Waals surface area (Å²) >= 11 is 0. The topological polar surface area (TPSA) is 146 Å². The summed E-state index contributed by atoms with van der Waals surface area (Å²) in [6.07, 6.45) is 4.52. The molecule has 0 saturated carbocycles. The number of ketones is 1. The predicted molar refractivity (Wildman–Crippen MR) is 150 cm³/mol. The molecule has 3 aromatic carbocycles. The first kappa shape index (κ1) is 26.3. The van der Waals surface area contributed by atoms with Gasteiger partial charge in [0.1, 0.15) is 51.4 Å². The molecule has 3 aromatic rings. The summed E-state index contributed by atoms with van der Waals surface area (Å²) in [4.78, 5) is 14.5. The van der Waals surface area contributed by atoms with Gasteiger partial charge in [-0.05, 0) is 45.0 Å². The lowest BCUT2D eigenvalue weighted by Crippen LogP contribution is -2.62. The first-order chi connectivity index (χ1) is 19.9. The van der Waals surface area contributed by atoms with Crippen LogP contribution in [-0.4, -0.2) is 36.9 Å². The lowest BCUT2D eigenvalue weighted by Gasteiger charge is -2.47. The first-order valence-electron chi connectivity index (χ1n) is 13.8. The van der Waals surface area contributed by atoms with E-state index in [9.17, 15) is 30.3 Å². The van der Waals surface area contributed by atoms with Crippen LogP contribution in [0.1, 0.15) is 73.0 Å². The summed E-state index contributed by atoms with van der Waals surface area (Å²) in [5.41, 5.74) is -0.213. The highest BCUT2D eigenvalue weighted by Crippen LogP contribution is 2.62. The minimum Gasteiger partial charge on any atom is -0.508 e. The summed E-state index contributed by atoms with van der Waals surface area (Å²) in [6, 6.07) is 9.99. The van der Waals surface area contributed by atoms with Gasteiger partial charge in [-0.1, -0.05) is 23.3 Å². The van der Waals surface area contributed by atoms with Crippen LogP contribution in [0.3, 0.4) is 0 Å². The van der Waals surface area contributed by atoms with Crippen molar-refractivity contribution >= 4 is 5.78 Å². The first-order valence-corrected chi connectivity index (χ1v) is 13.8. The summed E-state index contributed by atoms with van der Waals surface area (Å²) in [7, 11) is 0. The number of aromatic hydroxyl groups is 4. The quantitative estimate of drug-likeness (QED) is 0.257. The molecular formula is C33H30O9. The second kappa shape index (κ2) is 8.45. The van der Waals surface area contributed by atoms with E-state index in [1.165, 1.54) is 36.4 Å². The number of aliphatic hydroxyl groups is 1.